The maximum atomic E-state index is 14.1. The molecule has 0 radical (unpaired) electrons. The molecule has 1 aliphatic heterocycles. The Balaban J connectivity index is 0.000000440. The summed E-state index contributed by atoms with van der Waals surface area (Å²) in [5.41, 5.74) is 3.22. The molecule has 1 fully saturated rings. The molecule has 34 heavy (non-hydrogen) atoms. The molecule has 0 unspecified atom stereocenters. The monoisotopic (exact) mass is 471 g/mol. The number of morpholine rings is 1. The van der Waals surface area contributed by atoms with Gasteiger partial charge in [-0.1, -0.05) is 36.0 Å². The standard InChI is InChI=1S/C18H22FN5O2.C7H9F/c1-12-4-5-15(19)14(10-12)17-21-18(26-23-17)16(22-20-3)13(2)11-24-6-8-25-9-7-24;1-4-6(3)7(8)5-2/h4-5,10H,6-9,11H2,1-3H3;4-5H,1-2H2,3H3/b16-13+,22-20?;7-6+. The van der Waals surface area contributed by atoms with E-state index in [-0.39, 0.29) is 17.5 Å². The number of rotatable bonds is 7. The molecule has 0 spiro atoms. The quantitative estimate of drug-likeness (QED) is 0.369. The molecule has 9 heteroatoms. The molecular formula is C25H31F2N5O2. The average molecular weight is 472 g/mol. The summed E-state index contributed by atoms with van der Waals surface area (Å²) < 4.78 is 37.0. The normalized spacial score (nSPS) is 15.8. The second kappa shape index (κ2) is 13.4. The first-order valence-corrected chi connectivity index (χ1v) is 10.8. The molecule has 0 saturated carbocycles. The molecule has 0 aliphatic carbocycles. The van der Waals surface area contributed by atoms with Gasteiger partial charge in [-0.2, -0.15) is 15.2 Å². The molecule has 0 amide bonds. The molecule has 1 aromatic carbocycles. The minimum Gasteiger partial charge on any atom is -0.379 e. The van der Waals surface area contributed by atoms with Gasteiger partial charge >= 0.3 is 0 Å². The number of ether oxygens (including phenoxy) is 1. The first-order valence-electron chi connectivity index (χ1n) is 10.8. The lowest BCUT2D eigenvalue weighted by molar-refractivity contribution is 0.0423. The molecule has 0 bridgehead atoms. The van der Waals surface area contributed by atoms with E-state index in [9.17, 15) is 8.78 Å². The fourth-order valence-electron chi connectivity index (χ4n) is 3.08. The molecule has 1 aliphatic rings. The van der Waals surface area contributed by atoms with E-state index in [1.54, 1.807) is 26.1 Å². The number of nitrogens with zero attached hydrogens (tertiary/aromatic N) is 5. The van der Waals surface area contributed by atoms with Gasteiger partial charge in [-0.3, -0.25) is 4.90 Å². The number of benzene rings is 1. The van der Waals surface area contributed by atoms with Gasteiger partial charge < -0.3 is 9.26 Å². The zero-order valence-electron chi connectivity index (χ0n) is 20.1. The Hall–Kier alpha value is -3.30. The maximum absolute atomic E-state index is 14.1. The summed E-state index contributed by atoms with van der Waals surface area (Å²) in [6, 6.07) is 4.78. The Kier molecular flexibility index (Phi) is 10.6. The van der Waals surface area contributed by atoms with E-state index in [0.717, 1.165) is 43.5 Å². The van der Waals surface area contributed by atoms with Crippen LogP contribution in [0, 0.1) is 12.7 Å². The second-order valence-corrected chi connectivity index (χ2v) is 7.66. The smallest absolute Gasteiger partial charge is 0.278 e. The number of azo groups is 1. The van der Waals surface area contributed by atoms with Gasteiger partial charge in [0.25, 0.3) is 5.89 Å². The van der Waals surface area contributed by atoms with Crippen LogP contribution >= 0.6 is 0 Å². The lowest BCUT2D eigenvalue weighted by Gasteiger charge is -2.26. The molecule has 7 nitrogen and oxygen atoms in total. The van der Waals surface area contributed by atoms with E-state index in [2.05, 4.69) is 38.4 Å². The molecule has 3 rings (SSSR count). The van der Waals surface area contributed by atoms with Crippen LogP contribution in [0.3, 0.4) is 0 Å². The molecule has 2 aromatic rings. The van der Waals surface area contributed by atoms with E-state index in [1.807, 2.05) is 13.8 Å². The van der Waals surface area contributed by atoms with Gasteiger partial charge in [-0.15, -0.1) is 0 Å². The van der Waals surface area contributed by atoms with Crippen LogP contribution in [-0.4, -0.2) is 54.9 Å². The van der Waals surface area contributed by atoms with Gasteiger partial charge in [0, 0.05) is 26.7 Å². The lowest BCUT2D eigenvalue weighted by Crippen LogP contribution is -2.37. The third-order valence-electron chi connectivity index (χ3n) is 5.02. The Morgan fingerprint density at radius 1 is 1.21 bits per heavy atom. The van der Waals surface area contributed by atoms with Crippen LogP contribution in [0.1, 0.15) is 25.3 Å². The summed E-state index contributed by atoms with van der Waals surface area (Å²) in [7, 11) is 1.58. The molecule has 182 valence electrons. The van der Waals surface area contributed by atoms with E-state index in [4.69, 9.17) is 9.26 Å². The minimum atomic E-state index is -0.393. The lowest BCUT2D eigenvalue weighted by atomic mass is 10.1. The molecule has 1 saturated heterocycles. The van der Waals surface area contributed by atoms with Crippen molar-refractivity contribution in [2.24, 2.45) is 10.2 Å². The average Bonchev–Trinajstić information content (AvgIpc) is 3.33. The highest BCUT2D eigenvalue weighted by Gasteiger charge is 2.19. The van der Waals surface area contributed by atoms with Crippen molar-refractivity contribution in [1.82, 2.24) is 15.0 Å². The van der Waals surface area contributed by atoms with Crippen molar-refractivity contribution in [3.63, 3.8) is 0 Å². The van der Waals surface area contributed by atoms with Crippen molar-refractivity contribution in [3.05, 3.63) is 77.8 Å². The van der Waals surface area contributed by atoms with E-state index < -0.39 is 5.82 Å². The number of allylic oxidation sites excluding steroid dienone is 4. The fraction of sp³-hybridized carbons (Fsp3) is 0.360. The van der Waals surface area contributed by atoms with Gasteiger partial charge in [0.15, 0.2) is 5.70 Å². The second-order valence-electron chi connectivity index (χ2n) is 7.66. The molecule has 2 heterocycles. The predicted molar refractivity (Wildman–Crippen MR) is 129 cm³/mol. The van der Waals surface area contributed by atoms with E-state index in [0.29, 0.717) is 23.4 Å². The van der Waals surface area contributed by atoms with Crippen molar-refractivity contribution >= 4 is 5.70 Å². The van der Waals surface area contributed by atoms with Crippen LogP contribution in [-0.2, 0) is 4.74 Å². The third kappa shape index (κ3) is 7.64. The Morgan fingerprint density at radius 3 is 2.50 bits per heavy atom. The summed E-state index contributed by atoms with van der Waals surface area (Å²) in [5.74, 6) is -0.267. The van der Waals surface area contributed by atoms with Crippen molar-refractivity contribution < 1.29 is 18.0 Å². The van der Waals surface area contributed by atoms with Gasteiger partial charge in [0.2, 0.25) is 5.82 Å². The summed E-state index contributed by atoms with van der Waals surface area (Å²) in [5, 5.41) is 12.0. The topological polar surface area (TPSA) is 76.1 Å². The zero-order valence-corrected chi connectivity index (χ0v) is 20.1. The Bertz CT molecular complexity index is 1070. The number of hydrogen-bond acceptors (Lipinski definition) is 7. The van der Waals surface area contributed by atoms with Crippen LogP contribution in [0.4, 0.5) is 8.78 Å². The van der Waals surface area contributed by atoms with Crippen molar-refractivity contribution in [3.8, 4) is 11.4 Å². The molecular weight excluding hydrogens is 440 g/mol. The largest absolute Gasteiger partial charge is 0.379 e. The van der Waals surface area contributed by atoms with Crippen LogP contribution in [0.5, 0.6) is 0 Å². The number of aromatic nitrogens is 2. The highest BCUT2D eigenvalue weighted by Crippen LogP contribution is 2.25. The maximum Gasteiger partial charge on any atom is 0.278 e. The number of hydrogen-bond donors (Lipinski definition) is 0. The first kappa shape index (κ1) is 26.9. The third-order valence-corrected chi connectivity index (χ3v) is 5.02. The summed E-state index contributed by atoms with van der Waals surface area (Å²) >= 11 is 0. The van der Waals surface area contributed by atoms with Gasteiger partial charge in [0.05, 0.1) is 18.8 Å². The summed E-state index contributed by atoms with van der Waals surface area (Å²) in [6.07, 6.45) is 2.62. The van der Waals surface area contributed by atoms with Gasteiger partial charge in [-0.25, -0.2) is 8.78 Å². The van der Waals surface area contributed by atoms with E-state index >= 15 is 0 Å². The van der Waals surface area contributed by atoms with E-state index in [1.165, 1.54) is 12.1 Å². The summed E-state index contributed by atoms with van der Waals surface area (Å²) in [4.78, 5) is 6.61. The Morgan fingerprint density at radius 2 is 1.91 bits per heavy atom. The summed E-state index contributed by atoms with van der Waals surface area (Å²) in [6.45, 7) is 16.0. The predicted octanol–water partition coefficient (Wildman–Crippen LogP) is 5.93. The number of aryl methyl sites for hydroxylation is 1. The minimum absolute atomic E-state index is 0.198. The first-order chi connectivity index (χ1) is 16.3. The molecule has 0 N–H and O–H groups in total. The van der Waals surface area contributed by atoms with Crippen LogP contribution < -0.4 is 0 Å². The molecule has 0 atom stereocenters. The van der Waals surface area contributed by atoms with Crippen LogP contribution in [0.2, 0.25) is 0 Å². The van der Waals surface area contributed by atoms with Gasteiger partial charge in [-0.05, 0) is 50.1 Å². The fourth-order valence-corrected chi connectivity index (χ4v) is 3.08. The number of halogens is 2. The highest BCUT2D eigenvalue weighted by molar-refractivity contribution is 5.64. The molecule has 1 aromatic heterocycles. The van der Waals surface area contributed by atoms with Crippen LogP contribution in [0.25, 0.3) is 17.1 Å². The Labute approximate surface area is 199 Å². The van der Waals surface area contributed by atoms with Crippen molar-refractivity contribution in [1.29, 1.82) is 0 Å². The van der Waals surface area contributed by atoms with Crippen LogP contribution in [0.15, 0.2) is 75.2 Å². The zero-order chi connectivity index (χ0) is 25.1. The van der Waals surface area contributed by atoms with Gasteiger partial charge in [0.1, 0.15) is 11.6 Å². The SMILES string of the molecule is C=C/C(C)=C(/F)C=C.CN=N/C(=C(\C)CN1CCOCC1)c1nc(-c2cc(C)ccc2F)no1. The highest BCUT2D eigenvalue weighted by atomic mass is 19.1. The van der Waals surface area contributed by atoms with Crippen molar-refractivity contribution in [2.45, 2.75) is 20.8 Å². The van der Waals surface area contributed by atoms with Crippen molar-refractivity contribution in [2.75, 3.05) is 39.9 Å².